The number of allylic oxidation sites excluding steroid dienone is 5. The second kappa shape index (κ2) is 15.5. The molecule has 0 aliphatic carbocycles. The fourth-order valence-electron chi connectivity index (χ4n) is 3.14. The summed E-state index contributed by atoms with van der Waals surface area (Å²) < 4.78 is 23.7. The van der Waals surface area contributed by atoms with Gasteiger partial charge >= 0.3 is 5.97 Å². The van der Waals surface area contributed by atoms with E-state index >= 15 is 0 Å². The first-order valence-corrected chi connectivity index (χ1v) is 11.2. The number of hydrogen-bond acceptors (Lipinski definition) is 4. The lowest BCUT2D eigenvalue weighted by Crippen LogP contribution is -2.25. The quantitative estimate of drug-likeness (QED) is 0.145. The number of ether oxygens (including phenoxy) is 2. The number of hydrogen-bond donors (Lipinski definition) is 0. The normalized spacial score (nSPS) is 13.0. The lowest BCUT2D eigenvalue weighted by molar-refractivity contribution is -0.135. The van der Waals surface area contributed by atoms with Crippen LogP contribution in [0.3, 0.4) is 0 Å². The van der Waals surface area contributed by atoms with Gasteiger partial charge in [-0.2, -0.15) is 0 Å². The Morgan fingerprint density at radius 1 is 1.12 bits per heavy atom. The molecule has 0 bridgehead atoms. The standard InChI is InChI=1S/C28H36FNO3/c1-7-11-24(21-25(12-8-2)28(31)32-6)22(5)30(27(9-3)18-20-33-10-4)19-17-23-13-15-26(29)16-14-23/h8-9,11-16,18,20-21H,5,7,10,17,19H2,1-4,6H3/b12-8-,20-18-,24-11-,25-21+,27-9-. The van der Waals surface area contributed by atoms with Crippen LogP contribution in [0.2, 0.25) is 0 Å². The van der Waals surface area contributed by atoms with Gasteiger partial charge in [0.15, 0.2) is 0 Å². The van der Waals surface area contributed by atoms with Gasteiger partial charge in [0.05, 0.1) is 25.6 Å². The number of methoxy groups -OCH3 is 1. The summed E-state index contributed by atoms with van der Waals surface area (Å²) in [6.07, 6.45) is 14.3. The van der Waals surface area contributed by atoms with E-state index in [1.54, 1.807) is 36.6 Å². The van der Waals surface area contributed by atoms with Crippen molar-refractivity contribution < 1.29 is 18.7 Å². The fraction of sp³-hybridized carbons (Fsp3) is 0.321. The molecule has 0 saturated heterocycles. The highest BCUT2D eigenvalue weighted by molar-refractivity contribution is 5.92. The molecule has 0 aliphatic rings. The lowest BCUT2D eigenvalue weighted by atomic mass is 10.0. The molecule has 5 heteroatoms. The number of esters is 1. The molecule has 1 aromatic carbocycles. The predicted molar refractivity (Wildman–Crippen MR) is 134 cm³/mol. The van der Waals surface area contributed by atoms with E-state index in [0.29, 0.717) is 25.1 Å². The molecule has 0 spiro atoms. The van der Waals surface area contributed by atoms with E-state index in [1.807, 2.05) is 45.9 Å². The minimum atomic E-state index is -0.414. The Morgan fingerprint density at radius 3 is 2.36 bits per heavy atom. The van der Waals surface area contributed by atoms with Crippen molar-refractivity contribution in [3.63, 3.8) is 0 Å². The Kier molecular flexibility index (Phi) is 13.0. The van der Waals surface area contributed by atoms with Crippen molar-refractivity contribution in [1.82, 2.24) is 4.90 Å². The van der Waals surface area contributed by atoms with Crippen molar-refractivity contribution in [3.8, 4) is 0 Å². The monoisotopic (exact) mass is 453 g/mol. The van der Waals surface area contributed by atoms with Crippen LogP contribution in [0.5, 0.6) is 0 Å². The Balaban J connectivity index is 3.38. The highest BCUT2D eigenvalue weighted by Crippen LogP contribution is 2.24. The van der Waals surface area contributed by atoms with E-state index in [0.717, 1.165) is 29.0 Å². The Morgan fingerprint density at radius 2 is 1.82 bits per heavy atom. The van der Waals surface area contributed by atoms with Gasteiger partial charge in [0, 0.05) is 17.9 Å². The number of nitrogens with zero attached hydrogens (tertiary/aromatic N) is 1. The molecule has 0 aliphatic heterocycles. The van der Waals surface area contributed by atoms with Gasteiger partial charge in [0.1, 0.15) is 5.82 Å². The van der Waals surface area contributed by atoms with Gasteiger partial charge in [-0.3, -0.25) is 0 Å². The zero-order chi connectivity index (χ0) is 24.6. The molecule has 33 heavy (non-hydrogen) atoms. The molecule has 0 saturated carbocycles. The first kappa shape index (κ1) is 27.7. The molecular formula is C28H36FNO3. The number of carbonyl (C=O) groups is 1. The first-order chi connectivity index (χ1) is 15.9. The molecule has 1 aromatic rings. The zero-order valence-corrected chi connectivity index (χ0v) is 20.4. The third-order valence-corrected chi connectivity index (χ3v) is 4.81. The number of benzene rings is 1. The van der Waals surface area contributed by atoms with E-state index in [4.69, 9.17) is 9.47 Å². The third kappa shape index (κ3) is 9.36. The average molecular weight is 454 g/mol. The maximum atomic E-state index is 13.3. The van der Waals surface area contributed by atoms with Crippen LogP contribution in [-0.2, 0) is 20.7 Å². The van der Waals surface area contributed by atoms with Crippen molar-refractivity contribution in [3.05, 3.63) is 107 Å². The molecule has 0 N–H and O–H groups in total. The highest BCUT2D eigenvalue weighted by atomic mass is 19.1. The highest BCUT2D eigenvalue weighted by Gasteiger charge is 2.16. The number of halogens is 1. The smallest absolute Gasteiger partial charge is 0.337 e. The lowest BCUT2D eigenvalue weighted by Gasteiger charge is -2.29. The maximum absolute atomic E-state index is 13.3. The summed E-state index contributed by atoms with van der Waals surface area (Å²) in [7, 11) is 1.36. The van der Waals surface area contributed by atoms with Crippen molar-refractivity contribution in [2.45, 2.75) is 40.5 Å². The number of rotatable bonds is 13. The van der Waals surface area contributed by atoms with Crippen LogP contribution >= 0.6 is 0 Å². The van der Waals surface area contributed by atoms with Crippen molar-refractivity contribution in [2.75, 3.05) is 20.3 Å². The third-order valence-electron chi connectivity index (χ3n) is 4.81. The Labute approximate surface area is 198 Å². The van der Waals surface area contributed by atoms with E-state index in [-0.39, 0.29) is 5.82 Å². The number of carbonyl (C=O) groups excluding carboxylic acids is 1. The minimum Gasteiger partial charge on any atom is -0.501 e. The largest absolute Gasteiger partial charge is 0.501 e. The molecule has 4 nitrogen and oxygen atoms in total. The molecule has 0 radical (unpaired) electrons. The van der Waals surface area contributed by atoms with Gasteiger partial charge in [-0.05, 0) is 69.0 Å². The van der Waals surface area contributed by atoms with Crippen molar-refractivity contribution >= 4 is 5.97 Å². The maximum Gasteiger partial charge on any atom is 0.337 e. The van der Waals surface area contributed by atoms with Crippen molar-refractivity contribution in [1.29, 1.82) is 0 Å². The average Bonchev–Trinajstić information content (AvgIpc) is 2.82. The molecule has 0 amide bonds. The topological polar surface area (TPSA) is 38.8 Å². The first-order valence-electron chi connectivity index (χ1n) is 11.2. The molecule has 0 heterocycles. The molecule has 178 valence electrons. The molecular weight excluding hydrogens is 417 g/mol. The minimum absolute atomic E-state index is 0.258. The second-order valence-corrected chi connectivity index (χ2v) is 7.11. The van der Waals surface area contributed by atoms with Crippen LogP contribution in [0.1, 0.15) is 39.7 Å². The zero-order valence-electron chi connectivity index (χ0n) is 20.4. The Bertz CT molecular complexity index is 921. The van der Waals surface area contributed by atoms with Crippen LogP contribution in [0.15, 0.2) is 96.1 Å². The van der Waals surface area contributed by atoms with E-state index in [9.17, 15) is 9.18 Å². The summed E-state index contributed by atoms with van der Waals surface area (Å²) in [5.74, 6) is -0.672. The van der Waals surface area contributed by atoms with E-state index in [2.05, 4.69) is 11.5 Å². The van der Waals surface area contributed by atoms with E-state index < -0.39 is 5.97 Å². The summed E-state index contributed by atoms with van der Waals surface area (Å²) in [5.41, 5.74) is 3.90. The SMILES string of the molecule is C=C(C(=C\CC)/C=C(\C=C/C)C(=O)OC)N(CCc1ccc(F)cc1)C(/C=C\OCC)=C\C. The summed E-state index contributed by atoms with van der Waals surface area (Å²) in [5, 5.41) is 0. The van der Waals surface area contributed by atoms with Gasteiger partial charge in [0.2, 0.25) is 0 Å². The van der Waals surface area contributed by atoms with Crippen molar-refractivity contribution in [2.24, 2.45) is 0 Å². The predicted octanol–water partition coefficient (Wildman–Crippen LogP) is 6.65. The van der Waals surface area contributed by atoms with Gasteiger partial charge in [0.25, 0.3) is 0 Å². The van der Waals surface area contributed by atoms with E-state index in [1.165, 1.54) is 19.2 Å². The summed E-state index contributed by atoms with van der Waals surface area (Å²) in [6, 6.07) is 6.49. The molecule has 0 unspecified atom stereocenters. The van der Waals surface area contributed by atoms with Crippen LogP contribution in [-0.4, -0.2) is 31.1 Å². The van der Waals surface area contributed by atoms with Gasteiger partial charge in [-0.25, -0.2) is 9.18 Å². The molecule has 1 rings (SSSR count). The summed E-state index contributed by atoms with van der Waals surface area (Å²) in [6.45, 7) is 13.3. The van der Waals surface area contributed by atoms with Gasteiger partial charge < -0.3 is 14.4 Å². The summed E-state index contributed by atoms with van der Waals surface area (Å²) >= 11 is 0. The van der Waals surface area contributed by atoms with Crippen LogP contribution in [0, 0.1) is 5.82 Å². The van der Waals surface area contributed by atoms with Gasteiger partial charge in [-0.15, -0.1) is 0 Å². The van der Waals surface area contributed by atoms with Crippen LogP contribution in [0.25, 0.3) is 0 Å². The molecule has 0 aromatic heterocycles. The van der Waals surface area contributed by atoms with Gasteiger partial charge in [-0.1, -0.05) is 49.9 Å². The van der Waals surface area contributed by atoms with Crippen LogP contribution in [0.4, 0.5) is 4.39 Å². The fourth-order valence-corrected chi connectivity index (χ4v) is 3.14. The molecule has 0 fully saturated rings. The second-order valence-electron chi connectivity index (χ2n) is 7.11. The summed E-state index contributed by atoms with van der Waals surface area (Å²) in [4.78, 5) is 14.3. The Hall–Kier alpha value is -3.34. The van der Waals surface area contributed by atoms with Crippen LogP contribution < -0.4 is 0 Å². The molecule has 0 atom stereocenters.